The third-order valence-electron chi connectivity index (χ3n) is 4.32. The number of piperazine rings is 1. The van der Waals surface area contributed by atoms with Gasteiger partial charge in [0.1, 0.15) is 0 Å². The maximum atomic E-state index is 12.7. The van der Waals surface area contributed by atoms with Crippen molar-refractivity contribution in [1.82, 2.24) is 9.62 Å². The van der Waals surface area contributed by atoms with E-state index in [1.165, 1.54) is 11.2 Å². The highest BCUT2D eigenvalue weighted by Crippen LogP contribution is 2.34. The first-order valence-corrected chi connectivity index (χ1v) is 8.99. The Kier molecular flexibility index (Phi) is 3.96. The molecule has 1 fully saturated rings. The van der Waals surface area contributed by atoms with E-state index in [9.17, 15) is 13.2 Å². The molecular formula is C15H21N3O3S. The topological polar surface area (TPSA) is 69.7 Å². The van der Waals surface area contributed by atoms with E-state index in [0.29, 0.717) is 37.5 Å². The molecule has 0 radical (unpaired) electrons. The van der Waals surface area contributed by atoms with Crippen LogP contribution in [0.25, 0.3) is 0 Å². The van der Waals surface area contributed by atoms with Crippen LogP contribution in [-0.2, 0) is 21.2 Å². The van der Waals surface area contributed by atoms with Crippen molar-refractivity contribution in [3.05, 3.63) is 23.8 Å². The highest BCUT2D eigenvalue weighted by Gasteiger charge is 2.32. The number of anilines is 1. The van der Waals surface area contributed by atoms with Crippen LogP contribution in [0.1, 0.15) is 19.4 Å². The minimum absolute atomic E-state index is 0.0102. The van der Waals surface area contributed by atoms with E-state index in [-0.39, 0.29) is 11.9 Å². The molecule has 0 aliphatic carbocycles. The average molecular weight is 323 g/mol. The number of amides is 1. The number of benzene rings is 1. The molecule has 1 unspecified atom stereocenters. The first-order chi connectivity index (χ1) is 10.4. The lowest BCUT2D eigenvalue weighted by Crippen LogP contribution is -2.46. The van der Waals surface area contributed by atoms with Gasteiger partial charge >= 0.3 is 0 Å². The summed E-state index contributed by atoms with van der Waals surface area (Å²) in [5, 5.41) is 3.15. The van der Waals surface area contributed by atoms with Gasteiger partial charge in [-0.15, -0.1) is 0 Å². The lowest BCUT2D eigenvalue weighted by molar-refractivity contribution is -0.116. The molecule has 2 aliphatic rings. The van der Waals surface area contributed by atoms with Gasteiger partial charge in [-0.1, -0.05) is 0 Å². The first-order valence-electron chi connectivity index (χ1n) is 7.55. The summed E-state index contributed by atoms with van der Waals surface area (Å²) >= 11 is 0. The van der Waals surface area contributed by atoms with Gasteiger partial charge in [0.05, 0.1) is 4.90 Å². The SMILES string of the molecule is CC(=O)N1c2ccc(S(=O)(=O)N3CCNCC3)cc2CC1C. The summed E-state index contributed by atoms with van der Waals surface area (Å²) in [7, 11) is -3.45. The molecule has 0 saturated carbocycles. The third kappa shape index (κ3) is 2.53. The number of rotatable bonds is 2. The zero-order chi connectivity index (χ0) is 15.9. The Morgan fingerprint density at radius 1 is 1.27 bits per heavy atom. The van der Waals surface area contributed by atoms with Crippen molar-refractivity contribution in [2.75, 3.05) is 31.1 Å². The number of nitrogens with zero attached hydrogens (tertiary/aromatic N) is 2. The predicted molar refractivity (Wildman–Crippen MR) is 84.4 cm³/mol. The summed E-state index contributed by atoms with van der Waals surface area (Å²) in [6.07, 6.45) is 0.694. The quantitative estimate of drug-likeness (QED) is 0.864. The van der Waals surface area contributed by atoms with Gasteiger partial charge in [0, 0.05) is 44.8 Å². The van der Waals surface area contributed by atoms with E-state index in [1.807, 2.05) is 6.92 Å². The van der Waals surface area contributed by atoms with Crippen LogP contribution in [0.5, 0.6) is 0 Å². The van der Waals surface area contributed by atoms with E-state index in [2.05, 4.69) is 5.32 Å². The Labute approximate surface area is 131 Å². The molecule has 2 heterocycles. The summed E-state index contributed by atoms with van der Waals surface area (Å²) in [5.74, 6) is -0.0102. The molecule has 1 atom stereocenters. The van der Waals surface area contributed by atoms with Gasteiger partial charge < -0.3 is 10.2 Å². The van der Waals surface area contributed by atoms with Crippen LogP contribution >= 0.6 is 0 Å². The van der Waals surface area contributed by atoms with Gasteiger partial charge in [-0.3, -0.25) is 4.79 Å². The van der Waals surface area contributed by atoms with Crippen LogP contribution in [-0.4, -0.2) is 50.9 Å². The molecule has 1 aromatic rings. The van der Waals surface area contributed by atoms with Gasteiger partial charge in [0.25, 0.3) is 0 Å². The molecule has 1 aromatic carbocycles. The van der Waals surface area contributed by atoms with Crippen molar-refractivity contribution in [2.45, 2.75) is 31.2 Å². The molecule has 1 saturated heterocycles. The summed E-state index contributed by atoms with van der Waals surface area (Å²) < 4.78 is 26.9. The van der Waals surface area contributed by atoms with Crippen LogP contribution in [0.4, 0.5) is 5.69 Å². The fourth-order valence-corrected chi connectivity index (χ4v) is 4.77. The van der Waals surface area contributed by atoms with Gasteiger partial charge in [-0.25, -0.2) is 8.42 Å². The second-order valence-corrected chi connectivity index (χ2v) is 7.82. The standard InChI is InChI=1S/C15H21N3O3S/c1-11-9-13-10-14(3-4-15(13)18(11)12(2)19)22(20,21)17-7-5-16-6-8-17/h3-4,10-11,16H,5-9H2,1-2H3. The lowest BCUT2D eigenvalue weighted by atomic mass is 10.1. The average Bonchev–Trinajstić information content (AvgIpc) is 2.83. The van der Waals surface area contributed by atoms with Crippen molar-refractivity contribution in [3.63, 3.8) is 0 Å². The Balaban J connectivity index is 1.95. The number of hydrogen-bond acceptors (Lipinski definition) is 4. The Hall–Kier alpha value is -1.44. The zero-order valence-corrected chi connectivity index (χ0v) is 13.7. The molecule has 6 nitrogen and oxygen atoms in total. The van der Waals surface area contributed by atoms with E-state index < -0.39 is 10.0 Å². The zero-order valence-electron chi connectivity index (χ0n) is 12.9. The monoisotopic (exact) mass is 323 g/mol. The molecule has 0 spiro atoms. The first kappa shape index (κ1) is 15.5. The largest absolute Gasteiger partial charge is 0.314 e. The van der Waals surface area contributed by atoms with Crippen LogP contribution in [0, 0.1) is 0 Å². The van der Waals surface area contributed by atoms with Crippen LogP contribution in [0.15, 0.2) is 23.1 Å². The summed E-state index contributed by atoms with van der Waals surface area (Å²) in [5.41, 5.74) is 1.76. The summed E-state index contributed by atoms with van der Waals surface area (Å²) in [6.45, 7) is 5.87. The van der Waals surface area contributed by atoms with E-state index in [4.69, 9.17) is 0 Å². The molecule has 1 amide bonds. The molecule has 2 aliphatic heterocycles. The Morgan fingerprint density at radius 2 is 1.95 bits per heavy atom. The highest BCUT2D eigenvalue weighted by molar-refractivity contribution is 7.89. The second kappa shape index (κ2) is 5.64. The normalized spacial score (nSPS) is 22.6. The second-order valence-electron chi connectivity index (χ2n) is 5.89. The third-order valence-corrected chi connectivity index (χ3v) is 6.21. The number of fused-ring (bicyclic) bond motifs is 1. The van der Waals surface area contributed by atoms with Crippen LogP contribution in [0.3, 0.4) is 0 Å². The number of carbonyl (C=O) groups is 1. The van der Waals surface area contributed by atoms with Crippen LogP contribution in [0.2, 0.25) is 0 Å². The van der Waals surface area contributed by atoms with E-state index in [0.717, 1.165) is 11.3 Å². The maximum Gasteiger partial charge on any atom is 0.243 e. The molecule has 1 N–H and O–H groups in total. The van der Waals surface area contributed by atoms with Crippen molar-refractivity contribution in [1.29, 1.82) is 0 Å². The molecule has 7 heteroatoms. The predicted octanol–water partition coefficient (Wildman–Crippen LogP) is 0.578. The molecule has 0 bridgehead atoms. The molecular weight excluding hydrogens is 302 g/mol. The maximum absolute atomic E-state index is 12.7. The number of nitrogens with one attached hydrogen (secondary N) is 1. The van der Waals surface area contributed by atoms with Gasteiger partial charge in [-0.2, -0.15) is 4.31 Å². The highest BCUT2D eigenvalue weighted by atomic mass is 32.2. The summed E-state index contributed by atoms with van der Waals surface area (Å²) in [6, 6.07) is 5.18. The number of hydrogen-bond donors (Lipinski definition) is 1. The molecule has 22 heavy (non-hydrogen) atoms. The fourth-order valence-electron chi connectivity index (χ4n) is 3.28. The van der Waals surface area contributed by atoms with Crippen LogP contribution < -0.4 is 10.2 Å². The summed E-state index contributed by atoms with van der Waals surface area (Å²) in [4.78, 5) is 13.8. The van der Waals surface area contributed by atoms with Gasteiger partial charge in [-0.05, 0) is 37.1 Å². The fraction of sp³-hybridized carbons (Fsp3) is 0.533. The Bertz CT molecular complexity index is 696. The van der Waals surface area contributed by atoms with E-state index in [1.54, 1.807) is 23.1 Å². The minimum Gasteiger partial charge on any atom is -0.314 e. The van der Waals surface area contributed by atoms with Crippen molar-refractivity contribution < 1.29 is 13.2 Å². The van der Waals surface area contributed by atoms with Crippen molar-refractivity contribution in [3.8, 4) is 0 Å². The van der Waals surface area contributed by atoms with E-state index >= 15 is 0 Å². The number of sulfonamides is 1. The molecule has 3 rings (SSSR count). The molecule has 0 aromatic heterocycles. The lowest BCUT2D eigenvalue weighted by Gasteiger charge is -2.27. The molecule has 120 valence electrons. The van der Waals surface area contributed by atoms with Gasteiger partial charge in [0.2, 0.25) is 15.9 Å². The minimum atomic E-state index is -3.45. The van der Waals surface area contributed by atoms with Crippen molar-refractivity contribution in [2.24, 2.45) is 0 Å². The van der Waals surface area contributed by atoms with Gasteiger partial charge in [0.15, 0.2) is 0 Å². The Morgan fingerprint density at radius 3 is 2.59 bits per heavy atom. The van der Waals surface area contributed by atoms with Crippen molar-refractivity contribution >= 4 is 21.6 Å². The number of carbonyl (C=O) groups excluding carboxylic acids is 1. The smallest absolute Gasteiger partial charge is 0.243 e.